The first-order valence-corrected chi connectivity index (χ1v) is 9.34. The van der Waals surface area contributed by atoms with Gasteiger partial charge in [-0.25, -0.2) is 8.42 Å². The van der Waals surface area contributed by atoms with Crippen molar-refractivity contribution in [1.82, 2.24) is 10.2 Å². The molecular formula is C14H30N2O2S. The van der Waals surface area contributed by atoms with Gasteiger partial charge in [-0.05, 0) is 51.9 Å². The molecule has 1 aliphatic heterocycles. The van der Waals surface area contributed by atoms with Crippen LogP contribution in [-0.2, 0) is 9.84 Å². The highest BCUT2D eigenvalue weighted by Crippen LogP contribution is 2.16. The van der Waals surface area contributed by atoms with Crippen LogP contribution in [-0.4, -0.2) is 57.5 Å². The van der Waals surface area contributed by atoms with Crippen molar-refractivity contribution < 1.29 is 8.42 Å². The van der Waals surface area contributed by atoms with E-state index < -0.39 is 9.84 Å². The summed E-state index contributed by atoms with van der Waals surface area (Å²) in [5, 5.41) is 3.45. The Morgan fingerprint density at radius 1 is 1.26 bits per heavy atom. The molecule has 19 heavy (non-hydrogen) atoms. The first kappa shape index (κ1) is 16.9. The van der Waals surface area contributed by atoms with E-state index in [9.17, 15) is 8.42 Å². The Morgan fingerprint density at radius 3 is 2.58 bits per heavy atom. The molecule has 4 nitrogen and oxygen atoms in total. The highest BCUT2D eigenvalue weighted by atomic mass is 32.2. The lowest BCUT2D eigenvalue weighted by Gasteiger charge is -2.22. The lowest BCUT2D eigenvalue weighted by molar-refractivity contribution is 0.256. The van der Waals surface area contributed by atoms with Crippen LogP contribution in [0.2, 0.25) is 0 Å². The first-order valence-electron chi connectivity index (χ1n) is 7.52. The molecule has 1 rings (SSSR count). The number of nitrogens with zero attached hydrogens (tertiary/aromatic N) is 1. The van der Waals surface area contributed by atoms with E-state index in [0.717, 1.165) is 38.4 Å². The number of rotatable bonds is 9. The number of hydrogen-bond acceptors (Lipinski definition) is 4. The zero-order valence-electron chi connectivity index (χ0n) is 12.7. The maximum atomic E-state index is 11.4. The van der Waals surface area contributed by atoms with Crippen LogP contribution in [0.1, 0.15) is 39.5 Å². The standard InChI is InChI=1S/C14H30N2O2S/c1-13(2)11-15-8-5-4-6-9-16(3)14-7-10-19(17,18)12-14/h13-15H,4-12H2,1-3H3. The maximum absolute atomic E-state index is 11.4. The smallest absolute Gasteiger partial charge is 0.151 e. The predicted molar refractivity (Wildman–Crippen MR) is 81.2 cm³/mol. The van der Waals surface area contributed by atoms with Gasteiger partial charge >= 0.3 is 0 Å². The van der Waals surface area contributed by atoms with Gasteiger partial charge in [0.05, 0.1) is 11.5 Å². The summed E-state index contributed by atoms with van der Waals surface area (Å²) in [6, 6.07) is 0.254. The maximum Gasteiger partial charge on any atom is 0.151 e. The van der Waals surface area contributed by atoms with E-state index in [-0.39, 0.29) is 6.04 Å². The van der Waals surface area contributed by atoms with Crippen LogP contribution in [0.3, 0.4) is 0 Å². The summed E-state index contributed by atoms with van der Waals surface area (Å²) in [6.45, 7) is 7.65. The van der Waals surface area contributed by atoms with E-state index in [1.165, 1.54) is 12.8 Å². The van der Waals surface area contributed by atoms with Crippen molar-refractivity contribution >= 4 is 9.84 Å². The van der Waals surface area contributed by atoms with E-state index in [1.807, 2.05) is 0 Å². The van der Waals surface area contributed by atoms with E-state index in [2.05, 4.69) is 31.1 Å². The summed E-state index contributed by atoms with van der Waals surface area (Å²) >= 11 is 0. The molecule has 114 valence electrons. The first-order chi connectivity index (χ1) is 8.91. The van der Waals surface area contributed by atoms with Crippen molar-refractivity contribution in [1.29, 1.82) is 0 Å². The van der Waals surface area contributed by atoms with E-state index in [0.29, 0.717) is 11.5 Å². The van der Waals surface area contributed by atoms with Crippen LogP contribution in [0.25, 0.3) is 0 Å². The average Bonchev–Trinajstić information content (AvgIpc) is 2.68. The molecule has 1 N–H and O–H groups in total. The summed E-state index contributed by atoms with van der Waals surface area (Å²) in [5.41, 5.74) is 0. The minimum absolute atomic E-state index is 0.254. The highest BCUT2D eigenvalue weighted by molar-refractivity contribution is 7.91. The van der Waals surface area contributed by atoms with Gasteiger partial charge in [-0.3, -0.25) is 0 Å². The molecule has 0 aromatic heterocycles. The number of hydrogen-bond donors (Lipinski definition) is 1. The average molecular weight is 290 g/mol. The lowest BCUT2D eigenvalue weighted by Crippen LogP contribution is -2.33. The van der Waals surface area contributed by atoms with Crippen molar-refractivity contribution in [3.8, 4) is 0 Å². The molecule has 5 heteroatoms. The largest absolute Gasteiger partial charge is 0.316 e. The van der Waals surface area contributed by atoms with Crippen molar-refractivity contribution in [3.05, 3.63) is 0 Å². The zero-order chi connectivity index (χ0) is 14.3. The monoisotopic (exact) mass is 290 g/mol. The molecule has 0 spiro atoms. The molecule has 1 atom stereocenters. The van der Waals surface area contributed by atoms with E-state index in [1.54, 1.807) is 0 Å². The Kier molecular flexibility index (Phi) is 7.32. The second kappa shape index (κ2) is 8.22. The molecule has 0 radical (unpaired) electrons. The SMILES string of the molecule is CC(C)CNCCCCCN(C)C1CCS(=O)(=O)C1. The Balaban J connectivity index is 2.00. The topological polar surface area (TPSA) is 49.4 Å². The molecule has 1 fully saturated rings. The van der Waals surface area contributed by atoms with Crippen molar-refractivity contribution in [2.75, 3.05) is 38.2 Å². The Morgan fingerprint density at radius 2 is 2.00 bits per heavy atom. The minimum Gasteiger partial charge on any atom is -0.316 e. The summed E-state index contributed by atoms with van der Waals surface area (Å²) in [4.78, 5) is 2.23. The Labute approximate surface area is 118 Å². The predicted octanol–water partition coefficient (Wildman–Crippen LogP) is 1.52. The van der Waals surface area contributed by atoms with E-state index >= 15 is 0 Å². The summed E-state index contributed by atoms with van der Waals surface area (Å²) in [7, 11) is -0.685. The van der Waals surface area contributed by atoms with Crippen molar-refractivity contribution in [2.45, 2.75) is 45.6 Å². The molecular weight excluding hydrogens is 260 g/mol. The number of nitrogens with one attached hydrogen (secondary N) is 1. The molecule has 0 aromatic carbocycles. The van der Waals surface area contributed by atoms with Gasteiger partial charge in [0, 0.05) is 6.04 Å². The lowest BCUT2D eigenvalue weighted by atomic mass is 10.2. The zero-order valence-corrected chi connectivity index (χ0v) is 13.5. The fourth-order valence-electron chi connectivity index (χ4n) is 2.48. The molecule has 0 bridgehead atoms. The summed E-state index contributed by atoms with van der Waals surface area (Å²) < 4.78 is 22.8. The van der Waals surface area contributed by atoms with Gasteiger partial charge in [-0.1, -0.05) is 20.3 Å². The van der Waals surface area contributed by atoms with Gasteiger partial charge in [0.15, 0.2) is 9.84 Å². The molecule has 0 aromatic rings. The molecule has 0 amide bonds. The number of sulfone groups is 1. The van der Waals surface area contributed by atoms with Gasteiger partial charge in [0.25, 0.3) is 0 Å². The third-order valence-corrected chi connectivity index (χ3v) is 5.50. The normalized spacial score (nSPS) is 22.5. The van der Waals surface area contributed by atoms with Crippen LogP contribution in [0.5, 0.6) is 0 Å². The fraction of sp³-hybridized carbons (Fsp3) is 1.00. The van der Waals surface area contributed by atoms with Crippen molar-refractivity contribution in [3.63, 3.8) is 0 Å². The van der Waals surface area contributed by atoms with Gasteiger partial charge in [-0.2, -0.15) is 0 Å². The molecule has 0 aliphatic carbocycles. The van der Waals surface area contributed by atoms with Crippen LogP contribution in [0, 0.1) is 5.92 Å². The minimum atomic E-state index is -2.74. The third kappa shape index (κ3) is 7.28. The quantitative estimate of drug-likeness (QED) is 0.654. The summed E-state index contributed by atoms with van der Waals surface area (Å²) in [5.74, 6) is 1.45. The van der Waals surface area contributed by atoms with Gasteiger partial charge < -0.3 is 10.2 Å². The third-order valence-electron chi connectivity index (χ3n) is 3.75. The Hall–Kier alpha value is -0.130. The molecule has 1 saturated heterocycles. The molecule has 1 heterocycles. The number of unbranched alkanes of at least 4 members (excludes halogenated alkanes) is 2. The van der Waals surface area contributed by atoms with Crippen LogP contribution in [0.4, 0.5) is 0 Å². The Bertz CT molecular complexity index is 341. The van der Waals surface area contributed by atoms with Crippen LogP contribution < -0.4 is 5.32 Å². The van der Waals surface area contributed by atoms with Crippen molar-refractivity contribution in [2.24, 2.45) is 5.92 Å². The highest BCUT2D eigenvalue weighted by Gasteiger charge is 2.30. The second-order valence-corrected chi connectivity index (χ2v) is 8.42. The molecule has 1 aliphatic rings. The molecule has 1 unspecified atom stereocenters. The molecule has 0 saturated carbocycles. The van der Waals surface area contributed by atoms with Crippen LogP contribution in [0.15, 0.2) is 0 Å². The van der Waals surface area contributed by atoms with Crippen LogP contribution >= 0.6 is 0 Å². The van der Waals surface area contributed by atoms with E-state index in [4.69, 9.17) is 0 Å². The summed E-state index contributed by atoms with van der Waals surface area (Å²) in [6.07, 6.45) is 4.41. The fourth-order valence-corrected chi connectivity index (χ4v) is 4.29. The van der Waals surface area contributed by atoms with Gasteiger partial charge in [0.2, 0.25) is 0 Å². The van der Waals surface area contributed by atoms with Gasteiger partial charge in [0.1, 0.15) is 0 Å². The second-order valence-electron chi connectivity index (χ2n) is 6.20. The van der Waals surface area contributed by atoms with Gasteiger partial charge in [-0.15, -0.1) is 0 Å².